The Kier molecular flexibility index (Phi) is 4.16. The molecule has 146 valence electrons. The van der Waals surface area contributed by atoms with Crippen molar-refractivity contribution in [2.24, 2.45) is 0 Å². The number of carbonyl (C=O) groups is 2. The molecule has 2 amide bonds. The number of halogens is 1. The molecular weight excluding hydrogens is 361 g/mol. The van der Waals surface area contributed by atoms with Crippen molar-refractivity contribution in [1.82, 2.24) is 24.9 Å². The van der Waals surface area contributed by atoms with E-state index >= 15 is 0 Å². The van der Waals surface area contributed by atoms with Gasteiger partial charge in [0.25, 0.3) is 0 Å². The molecule has 3 aliphatic heterocycles. The van der Waals surface area contributed by atoms with Crippen LogP contribution in [0.3, 0.4) is 0 Å². The van der Waals surface area contributed by atoms with Crippen LogP contribution in [0.5, 0.6) is 0 Å². The van der Waals surface area contributed by atoms with Gasteiger partial charge in [0.05, 0.1) is 6.20 Å². The Balaban J connectivity index is 1.24. The number of aromatic nitrogens is 2. The summed E-state index contributed by atoms with van der Waals surface area (Å²) in [6.07, 6.45) is 5.82. The Morgan fingerprint density at radius 3 is 2.82 bits per heavy atom. The predicted octanol–water partition coefficient (Wildman–Crippen LogP) is 1.08. The number of carbonyl (C=O) groups excluding carboxylic acids is 2. The minimum Gasteiger partial charge on any atom is -0.329 e. The zero-order chi connectivity index (χ0) is 19.3. The van der Waals surface area contributed by atoms with Crippen LogP contribution >= 0.6 is 0 Å². The monoisotopic (exact) mass is 383 g/mol. The molecule has 1 N–H and O–H groups in total. The Bertz CT molecular complexity index is 899. The third kappa shape index (κ3) is 2.79. The Morgan fingerprint density at radius 1 is 1.14 bits per heavy atom. The van der Waals surface area contributed by atoms with Crippen LogP contribution in [0.1, 0.15) is 24.8 Å². The van der Waals surface area contributed by atoms with Gasteiger partial charge in [-0.05, 0) is 31.4 Å². The van der Waals surface area contributed by atoms with E-state index in [2.05, 4.69) is 10.4 Å². The Hall–Kier alpha value is -2.74. The molecule has 5 rings (SSSR count). The van der Waals surface area contributed by atoms with E-state index in [9.17, 15) is 14.0 Å². The third-order valence-electron chi connectivity index (χ3n) is 6.02. The van der Waals surface area contributed by atoms with Crippen LogP contribution in [-0.2, 0) is 16.1 Å². The zero-order valence-corrected chi connectivity index (χ0v) is 15.4. The average Bonchev–Trinajstić information content (AvgIpc) is 3.44. The van der Waals surface area contributed by atoms with E-state index in [1.54, 1.807) is 40.4 Å². The van der Waals surface area contributed by atoms with Gasteiger partial charge >= 0.3 is 0 Å². The van der Waals surface area contributed by atoms with Gasteiger partial charge in [-0.3, -0.25) is 9.59 Å². The predicted molar refractivity (Wildman–Crippen MR) is 99.0 cm³/mol. The third-order valence-corrected chi connectivity index (χ3v) is 6.02. The van der Waals surface area contributed by atoms with Crippen molar-refractivity contribution < 1.29 is 14.0 Å². The fourth-order valence-electron chi connectivity index (χ4n) is 4.61. The molecule has 2 aromatic rings. The fourth-order valence-corrected chi connectivity index (χ4v) is 4.61. The zero-order valence-electron chi connectivity index (χ0n) is 15.4. The molecule has 1 aromatic carbocycles. The lowest BCUT2D eigenvalue weighted by molar-refractivity contribution is -0.156. The summed E-state index contributed by atoms with van der Waals surface area (Å²) in [7, 11) is 0. The topological polar surface area (TPSA) is 70.5 Å². The van der Waals surface area contributed by atoms with Crippen LogP contribution in [-0.4, -0.2) is 62.6 Å². The molecule has 0 radical (unpaired) electrons. The standard InChI is InChI=1S/C20H22FN5O2/c21-15-4-1-2-5-16(15)26-11-13(10-23-26)9-22-14-8-18-20(28)24-7-3-6-17(24)19(27)25(18)12-14/h1-2,4-5,10-11,14,17-18,22H,3,6-9,12H2/t14-,17+,18-/m0/s1. The smallest absolute Gasteiger partial charge is 0.246 e. The minimum atomic E-state index is -0.333. The van der Waals surface area contributed by atoms with Gasteiger partial charge in [0.1, 0.15) is 23.6 Å². The van der Waals surface area contributed by atoms with Crippen LogP contribution in [0, 0.1) is 5.82 Å². The highest BCUT2D eigenvalue weighted by molar-refractivity contribution is 5.98. The fraction of sp³-hybridized carbons (Fsp3) is 0.450. The molecule has 3 atom stereocenters. The molecule has 3 aliphatic rings. The molecule has 1 aromatic heterocycles. The maximum absolute atomic E-state index is 13.9. The van der Waals surface area contributed by atoms with Gasteiger partial charge in [0, 0.05) is 37.4 Å². The number of nitrogens with zero attached hydrogens (tertiary/aromatic N) is 4. The first-order valence-electron chi connectivity index (χ1n) is 9.74. The molecule has 3 saturated heterocycles. The number of rotatable bonds is 4. The van der Waals surface area contributed by atoms with Gasteiger partial charge in [-0.15, -0.1) is 0 Å². The van der Waals surface area contributed by atoms with Gasteiger partial charge in [-0.25, -0.2) is 9.07 Å². The van der Waals surface area contributed by atoms with Crippen LogP contribution in [0.4, 0.5) is 4.39 Å². The molecule has 0 saturated carbocycles. The molecule has 3 fully saturated rings. The summed E-state index contributed by atoms with van der Waals surface area (Å²) in [5, 5.41) is 7.67. The van der Waals surface area contributed by atoms with Crippen molar-refractivity contribution >= 4 is 11.8 Å². The second-order valence-electron chi connectivity index (χ2n) is 7.75. The van der Waals surface area contributed by atoms with E-state index in [4.69, 9.17) is 0 Å². The van der Waals surface area contributed by atoms with Crippen molar-refractivity contribution in [2.75, 3.05) is 13.1 Å². The number of benzene rings is 1. The second kappa shape index (κ2) is 6.70. The van der Waals surface area contributed by atoms with Crippen molar-refractivity contribution in [3.8, 4) is 5.69 Å². The number of para-hydroxylation sites is 1. The number of hydrogen-bond donors (Lipinski definition) is 1. The van der Waals surface area contributed by atoms with Crippen LogP contribution in [0.15, 0.2) is 36.7 Å². The quantitative estimate of drug-likeness (QED) is 0.858. The van der Waals surface area contributed by atoms with Gasteiger partial charge in [-0.2, -0.15) is 5.10 Å². The van der Waals surface area contributed by atoms with Crippen LogP contribution < -0.4 is 5.32 Å². The normalized spacial score (nSPS) is 26.7. The highest BCUT2D eigenvalue weighted by atomic mass is 19.1. The lowest BCUT2D eigenvalue weighted by atomic mass is 10.1. The molecule has 0 unspecified atom stereocenters. The largest absolute Gasteiger partial charge is 0.329 e. The van der Waals surface area contributed by atoms with Crippen molar-refractivity contribution in [2.45, 2.75) is 43.9 Å². The first-order valence-corrected chi connectivity index (χ1v) is 9.74. The van der Waals surface area contributed by atoms with E-state index in [0.29, 0.717) is 31.7 Å². The molecule has 0 aliphatic carbocycles. The highest BCUT2D eigenvalue weighted by Crippen LogP contribution is 2.32. The minimum absolute atomic E-state index is 0.0646. The summed E-state index contributed by atoms with van der Waals surface area (Å²) in [4.78, 5) is 28.9. The summed E-state index contributed by atoms with van der Waals surface area (Å²) < 4.78 is 15.4. The molecule has 4 heterocycles. The first-order chi connectivity index (χ1) is 13.6. The summed E-state index contributed by atoms with van der Waals surface area (Å²) in [5.74, 6) is -0.132. The summed E-state index contributed by atoms with van der Waals surface area (Å²) in [6, 6.07) is 5.98. The number of nitrogens with one attached hydrogen (secondary N) is 1. The SMILES string of the molecule is O=C1[C@@H]2C[C@H](NCc3cnn(-c4ccccc4F)c3)CN2C(=O)[C@H]2CCCN12. The van der Waals surface area contributed by atoms with E-state index in [1.807, 2.05) is 0 Å². The Labute approximate surface area is 162 Å². The number of fused-ring (bicyclic) bond motifs is 2. The maximum Gasteiger partial charge on any atom is 0.246 e. The van der Waals surface area contributed by atoms with Gasteiger partial charge < -0.3 is 15.1 Å². The Morgan fingerprint density at radius 2 is 1.96 bits per heavy atom. The maximum atomic E-state index is 13.9. The molecule has 7 nitrogen and oxygen atoms in total. The highest BCUT2D eigenvalue weighted by Gasteiger charge is 2.51. The molecular formula is C20H22FN5O2. The lowest BCUT2D eigenvalue weighted by Crippen LogP contribution is -2.60. The summed E-state index contributed by atoms with van der Waals surface area (Å²) >= 11 is 0. The van der Waals surface area contributed by atoms with Crippen molar-refractivity contribution in [1.29, 1.82) is 0 Å². The van der Waals surface area contributed by atoms with Crippen LogP contribution in [0.25, 0.3) is 5.69 Å². The molecule has 28 heavy (non-hydrogen) atoms. The molecule has 0 spiro atoms. The first kappa shape index (κ1) is 17.4. The summed E-state index contributed by atoms with van der Waals surface area (Å²) in [5.41, 5.74) is 1.33. The molecule has 0 bridgehead atoms. The van der Waals surface area contributed by atoms with E-state index in [0.717, 1.165) is 18.4 Å². The van der Waals surface area contributed by atoms with E-state index in [1.165, 1.54) is 10.7 Å². The number of hydrogen-bond acceptors (Lipinski definition) is 4. The summed E-state index contributed by atoms with van der Waals surface area (Å²) in [6.45, 7) is 1.81. The van der Waals surface area contributed by atoms with Crippen molar-refractivity contribution in [3.05, 3.63) is 48.0 Å². The van der Waals surface area contributed by atoms with Gasteiger partial charge in [0.15, 0.2) is 0 Å². The lowest BCUT2D eigenvalue weighted by Gasteiger charge is -2.38. The van der Waals surface area contributed by atoms with E-state index < -0.39 is 0 Å². The number of piperazine rings is 1. The van der Waals surface area contributed by atoms with Crippen molar-refractivity contribution in [3.63, 3.8) is 0 Å². The number of amides is 2. The van der Waals surface area contributed by atoms with Crippen LogP contribution in [0.2, 0.25) is 0 Å². The average molecular weight is 383 g/mol. The van der Waals surface area contributed by atoms with Gasteiger partial charge in [-0.1, -0.05) is 12.1 Å². The second-order valence-corrected chi connectivity index (χ2v) is 7.75. The van der Waals surface area contributed by atoms with Gasteiger partial charge in [0.2, 0.25) is 11.8 Å². The van der Waals surface area contributed by atoms with E-state index in [-0.39, 0.29) is 35.8 Å². The molecule has 8 heteroatoms.